The highest BCUT2D eigenvalue weighted by atomic mass is 35.5. The number of fused-ring (bicyclic) bond motifs is 3. The number of hydrogen-bond acceptors (Lipinski definition) is 9. The zero-order valence-electron chi connectivity index (χ0n) is 27.6. The number of rotatable bonds is 8. The third-order valence-corrected chi connectivity index (χ3v) is 10.4. The maximum atomic E-state index is 12.9. The van der Waals surface area contributed by atoms with Crippen LogP contribution in [0.2, 0.25) is 5.02 Å². The average molecular weight is 695 g/mol. The molecule has 1 aliphatic heterocycles. The van der Waals surface area contributed by atoms with Crippen LogP contribution < -0.4 is 11.0 Å². The number of aromatic hydroxyl groups is 2. The highest BCUT2D eigenvalue weighted by molar-refractivity contribution is 7.15. The van der Waals surface area contributed by atoms with Crippen LogP contribution in [-0.2, 0) is 0 Å². The topological polar surface area (TPSA) is 146 Å². The molecule has 0 unspecified atom stereocenters. The second-order valence-corrected chi connectivity index (χ2v) is 14.1. The predicted octanol–water partition coefficient (Wildman–Crippen LogP) is 7.38. The van der Waals surface area contributed by atoms with Crippen molar-refractivity contribution >= 4 is 34.3 Å². The molecule has 1 atom stereocenters. The van der Waals surface area contributed by atoms with E-state index in [1.807, 2.05) is 69.3 Å². The fourth-order valence-electron chi connectivity index (χ4n) is 6.22. The Morgan fingerprint density at radius 2 is 1.71 bits per heavy atom. The second kappa shape index (κ2) is 12.7. The van der Waals surface area contributed by atoms with Crippen LogP contribution in [0.5, 0.6) is 11.5 Å². The summed E-state index contributed by atoms with van der Waals surface area (Å²) < 4.78 is 3.54. The van der Waals surface area contributed by atoms with E-state index in [1.54, 1.807) is 17.4 Å². The third-order valence-electron chi connectivity index (χ3n) is 8.91. The molecule has 3 aromatic heterocycles. The van der Waals surface area contributed by atoms with Gasteiger partial charge in [-0.3, -0.25) is 9.56 Å². The quantitative estimate of drug-likeness (QED) is 0.130. The van der Waals surface area contributed by atoms with Crippen molar-refractivity contribution in [3.63, 3.8) is 0 Å². The molecule has 11 nitrogen and oxygen atoms in total. The van der Waals surface area contributed by atoms with Crippen molar-refractivity contribution in [2.75, 3.05) is 11.9 Å². The Morgan fingerprint density at radius 3 is 2.43 bits per heavy atom. The Kier molecular flexibility index (Phi) is 8.37. The van der Waals surface area contributed by atoms with Crippen molar-refractivity contribution < 1.29 is 10.2 Å². The lowest BCUT2D eigenvalue weighted by molar-refractivity contribution is 0.444. The van der Waals surface area contributed by atoms with Crippen molar-refractivity contribution in [3.8, 4) is 33.6 Å². The second-order valence-electron chi connectivity index (χ2n) is 12.4. The van der Waals surface area contributed by atoms with Crippen LogP contribution in [0.1, 0.15) is 71.0 Å². The molecular formula is C36H35ClN8O3S. The Morgan fingerprint density at radius 1 is 0.980 bits per heavy atom. The van der Waals surface area contributed by atoms with E-state index in [1.165, 1.54) is 21.1 Å². The first kappa shape index (κ1) is 32.4. The first-order valence-electron chi connectivity index (χ1n) is 16.0. The van der Waals surface area contributed by atoms with E-state index in [0.29, 0.717) is 34.8 Å². The van der Waals surface area contributed by atoms with Crippen LogP contribution in [0.4, 0.5) is 5.69 Å². The molecule has 0 saturated carbocycles. The Labute approximate surface area is 291 Å². The van der Waals surface area contributed by atoms with E-state index in [-0.39, 0.29) is 29.3 Å². The maximum Gasteiger partial charge on any atom is 0.348 e. The third kappa shape index (κ3) is 5.80. The lowest BCUT2D eigenvalue weighted by Crippen LogP contribution is -2.16. The fourth-order valence-corrected chi connectivity index (χ4v) is 7.56. The number of nitrogens with zero attached hydrogens (tertiary/aromatic N) is 6. The summed E-state index contributed by atoms with van der Waals surface area (Å²) in [6, 6.07) is 17.9. The number of benzene rings is 3. The number of phenols is 2. The van der Waals surface area contributed by atoms with Crippen LogP contribution in [-0.4, -0.2) is 52.0 Å². The molecule has 7 rings (SSSR count). The Balaban J connectivity index is 1.16. The number of aryl methyl sites for hydroxylation is 2. The minimum Gasteiger partial charge on any atom is -0.508 e. The molecule has 3 aromatic carbocycles. The molecule has 0 bridgehead atoms. The largest absolute Gasteiger partial charge is 0.508 e. The van der Waals surface area contributed by atoms with E-state index in [2.05, 4.69) is 44.1 Å². The average Bonchev–Trinajstić information content (AvgIpc) is 3.70. The minimum absolute atomic E-state index is 0.00179. The zero-order chi connectivity index (χ0) is 34.6. The van der Waals surface area contributed by atoms with Gasteiger partial charge in [-0.05, 0) is 86.7 Å². The molecule has 0 radical (unpaired) electrons. The van der Waals surface area contributed by atoms with Crippen molar-refractivity contribution in [1.82, 2.24) is 29.5 Å². The number of hydrogen-bond donors (Lipinski definition) is 4. The molecule has 0 spiro atoms. The van der Waals surface area contributed by atoms with Gasteiger partial charge in [-0.1, -0.05) is 37.6 Å². The van der Waals surface area contributed by atoms with Gasteiger partial charge in [0.2, 0.25) is 0 Å². The van der Waals surface area contributed by atoms with Crippen molar-refractivity contribution in [2.45, 2.75) is 53.0 Å². The molecule has 0 aliphatic carbocycles. The fraction of sp³-hybridized carbons (Fsp3) is 0.250. The van der Waals surface area contributed by atoms with Gasteiger partial charge < -0.3 is 15.5 Å². The van der Waals surface area contributed by atoms with Crippen LogP contribution >= 0.6 is 22.9 Å². The van der Waals surface area contributed by atoms with Crippen LogP contribution in [0.3, 0.4) is 0 Å². The summed E-state index contributed by atoms with van der Waals surface area (Å²) in [5.41, 5.74) is 6.14. The standard InChI is InChI=1S/C36H35ClN8O3S/c1-18(2)26-16-27(30(47)17-29(26)46)33-41-43-36(48)45(33)25-12-10-24(11-13-25)38-15-14-28-34-42-40-21(5)44(34)35-31(19(3)20(4)49-35)32(39-28)22-6-8-23(37)9-7-22/h6-13,16-18,28,38,46-47H,14-15H2,1-5H3,(H,43,48)/t28-/m0/s1. The van der Waals surface area contributed by atoms with E-state index >= 15 is 0 Å². The summed E-state index contributed by atoms with van der Waals surface area (Å²) in [7, 11) is 0. The van der Waals surface area contributed by atoms with Gasteiger partial charge in [0.15, 0.2) is 11.6 Å². The van der Waals surface area contributed by atoms with Gasteiger partial charge in [0.05, 0.1) is 17.0 Å². The molecule has 4 N–H and O–H groups in total. The summed E-state index contributed by atoms with van der Waals surface area (Å²) in [5.74, 6) is 1.67. The van der Waals surface area contributed by atoms with E-state index in [0.717, 1.165) is 39.2 Å². The van der Waals surface area contributed by atoms with Gasteiger partial charge in [0.1, 0.15) is 28.4 Å². The molecule has 4 heterocycles. The number of aromatic amines is 1. The van der Waals surface area contributed by atoms with Gasteiger partial charge in [-0.2, -0.15) is 5.10 Å². The lowest BCUT2D eigenvalue weighted by atomic mass is 9.98. The monoisotopic (exact) mass is 694 g/mol. The number of halogens is 1. The molecule has 49 heavy (non-hydrogen) atoms. The molecule has 6 aromatic rings. The molecule has 0 amide bonds. The van der Waals surface area contributed by atoms with Gasteiger partial charge in [-0.15, -0.1) is 21.5 Å². The van der Waals surface area contributed by atoms with Crippen molar-refractivity contribution in [3.05, 3.63) is 115 Å². The number of aromatic nitrogens is 6. The van der Waals surface area contributed by atoms with Gasteiger partial charge >= 0.3 is 5.69 Å². The number of phenolic OH excluding ortho intramolecular Hbond substituents is 2. The molecule has 0 fully saturated rings. The van der Waals surface area contributed by atoms with Crippen LogP contribution in [0.15, 0.2) is 70.5 Å². The molecular weight excluding hydrogens is 660 g/mol. The van der Waals surface area contributed by atoms with E-state index in [4.69, 9.17) is 16.6 Å². The molecule has 1 aliphatic rings. The smallest absolute Gasteiger partial charge is 0.348 e. The lowest BCUT2D eigenvalue weighted by Gasteiger charge is -2.15. The van der Waals surface area contributed by atoms with Crippen molar-refractivity contribution in [1.29, 1.82) is 0 Å². The van der Waals surface area contributed by atoms with Crippen molar-refractivity contribution in [2.24, 2.45) is 4.99 Å². The van der Waals surface area contributed by atoms with Gasteiger partial charge in [0, 0.05) is 39.3 Å². The Hall–Kier alpha value is -5.20. The maximum absolute atomic E-state index is 12.9. The Bertz CT molecular complexity index is 2280. The molecule has 0 saturated heterocycles. The normalized spacial score (nSPS) is 14.0. The van der Waals surface area contributed by atoms with E-state index in [9.17, 15) is 15.0 Å². The highest BCUT2D eigenvalue weighted by Crippen LogP contribution is 2.40. The number of nitrogens with one attached hydrogen (secondary N) is 2. The number of H-pyrrole nitrogens is 1. The van der Waals surface area contributed by atoms with Crippen LogP contribution in [0, 0.1) is 20.8 Å². The summed E-state index contributed by atoms with van der Waals surface area (Å²) in [6.45, 7) is 10.7. The SMILES string of the molecule is Cc1sc2c(c1C)C(c1ccc(Cl)cc1)=N[C@@H](CCNc1ccc(-n3c(-c4cc(C(C)C)c(O)cc4O)n[nH]c3=O)cc1)c1nnc(C)n1-2. The minimum atomic E-state index is -0.449. The first-order chi connectivity index (χ1) is 23.5. The van der Waals surface area contributed by atoms with E-state index < -0.39 is 5.69 Å². The highest BCUT2D eigenvalue weighted by Gasteiger charge is 2.31. The van der Waals surface area contributed by atoms with Gasteiger partial charge in [-0.25, -0.2) is 14.5 Å². The molecule has 250 valence electrons. The number of thiophene rings is 1. The van der Waals surface area contributed by atoms with Crippen LogP contribution in [0.25, 0.3) is 22.1 Å². The summed E-state index contributed by atoms with van der Waals surface area (Å²) in [4.78, 5) is 19.4. The summed E-state index contributed by atoms with van der Waals surface area (Å²) in [5, 5.41) is 41.9. The number of anilines is 1. The summed E-state index contributed by atoms with van der Waals surface area (Å²) in [6.07, 6.45) is 0.646. The predicted molar refractivity (Wildman–Crippen MR) is 193 cm³/mol. The first-order valence-corrected chi connectivity index (χ1v) is 17.2. The zero-order valence-corrected chi connectivity index (χ0v) is 29.2. The summed E-state index contributed by atoms with van der Waals surface area (Å²) >= 11 is 7.98. The molecule has 13 heteroatoms. The number of aliphatic imine (C=N–C) groups is 1. The van der Waals surface area contributed by atoms with Gasteiger partial charge in [0.25, 0.3) is 0 Å².